The molecule has 2 heterocycles. The number of allylic oxidation sites excluding steroid dienone is 1. The highest BCUT2D eigenvalue weighted by Gasteiger charge is 2.46. The number of ketones is 1. The molecule has 30 heavy (non-hydrogen) atoms. The third-order valence-electron chi connectivity index (χ3n) is 5.97. The summed E-state index contributed by atoms with van der Waals surface area (Å²) in [7, 11) is 1.66. The van der Waals surface area contributed by atoms with E-state index in [1.807, 2.05) is 30.5 Å². The summed E-state index contributed by atoms with van der Waals surface area (Å²) in [5, 5.41) is 13.8. The third kappa shape index (κ3) is 2.74. The zero-order valence-electron chi connectivity index (χ0n) is 16.6. The largest absolute Gasteiger partial charge is 0.507 e. The van der Waals surface area contributed by atoms with Crippen LogP contribution in [-0.4, -0.2) is 18.0 Å². The minimum absolute atomic E-state index is 0.00957. The van der Waals surface area contributed by atoms with Crippen molar-refractivity contribution in [1.82, 2.24) is 0 Å². The molecule has 0 amide bonds. The van der Waals surface area contributed by atoms with Crippen molar-refractivity contribution in [3.63, 3.8) is 0 Å². The second kappa shape index (κ2) is 6.95. The molecule has 2 aliphatic rings. The quantitative estimate of drug-likeness (QED) is 0.603. The number of fused-ring (bicyclic) bond motifs is 3. The number of methoxy groups -OCH3 is 1. The Balaban J connectivity index is 1.60. The van der Waals surface area contributed by atoms with Gasteiger partial charge in [0, 0.05) is 11.8 Å². The van der Waals surface area contributed by atoms with E-state index in [1.54, 1.807) is 31.4 Å². The molecule has 0 aromatic heterocycles. The van der Waals surface area contributed by atoms with Crippen LogP contribution >= 0.6 is 0 Å². The second-order valence-electron chi connectivity index (χ2n) is 7.60. The monoisotopic (exact) mass is 398 g/mol. The number of Topliss-reactive ketones (excluding diaryl/α,β-unsaturated/α-hetero) is 1. The van der Waals surface area contributed by atoms with Crippen molar-refractivity contribution in [3.05, 3.63) is 95.7 Å². The van der Waals surface area contributed by atoms with Crippen LogP contribution in [0.15, 0.2) is 84.6 Å². The van der Waals surface area contributed by atoms with Crippen LogP contribution in [0, 0.1) is 0 Å². The smallest absolute Gasteiger partial charge is 0.194 e. The van der Waals surface area contributed by atoms with Gasteiger partial charge in [-0.3, -0.25) is 4.79 Å². The molecule has 1 unspecified atom stereocenters. The van der Waals surface area contributed by atoms with Gasteiger partial charge in [0.1, 0.15) is 17.2 Å². The normalized spacial score (nSPS) is 19.4. The molecule has 0 spiro atoms. The molecular weight excluding hydrogens is 376 g/mol. The Bertz CT molecular complexity index is 1150. The number of rotatable bonds is 4. The maximum Gasteiger partial charge on any atom is 0.194 e. The van der Waals surface area contributed by atoms with E-state index in [-0.39, 0.29) is 11.5 Å². The minimum Gasteiger partial charge on any atom is -0.507 e. The molecule has 5 heteroatoms. The van der Waals surface area contributed by atoms with Gasteiger partial charge in [-0.25, -0.2) is 0 Å². The van der Waals surface area contributed by atoms with Crippen molar-refractivity contribution >= 4 is 17.2 Å². The molecule has 0 saturated carbocycles. The highest BCUT2D eigenvalue weighted by atomic mass is 16.5. The van der Waals surface area contributed by atoms with Gasteiger partial charge in [0.2, 0.25) is 0 Å². The zero-order chi connectivity index (χ0) is 20.7. The molecule has 0 bridgehead atoms. The van der Waals surface area contributed by atoms with E-state index in [9.17, 15) is 9.90 Å². The predicted molar refractivity (Wildman–Crippen MR) is 117 cm³/mol. The number of aromatic hydroxyl groups is 1. The maximum atomic E-state index is 13.2. The number of ether oxygens (including phenoxy) is 1. The molecule has 5 nitrogen and oxygen atoms in total. The molecular formula is C25H22N2O3. The molecule has 0 radical (unpaired) electrons. The van der Waals surface area contributed by atoms with E-state index in [2.05, 4.69) is 34.5 Å². The summed E-state index contributed by atoms with van der Waals surface area (Å²) in [5.41, 5.74) is 3.69. The Morgan fingerprint density at radius 3 is 2.53 bits per heavy atom. The molecule has 0 aliphatic carbocycles. The maximum absolute atomic E-state index is 13.2. The zero-order valence-corrected chi connectivity index (χ0v) is 16.6. The van der Waals surface area contributed by atoms with E-state index in [0.29, 0.717) is 24.0 Å². The van der Waals surface area contributed by atoms with Crippen LogP contribution in [0.4, 0.5) is 11.4 Å². The number of anilines is 2. The van der Waals surface area contributed by atoms with Gasteiger partial charge in [-0.1, -0.05) is 36.4 Å². The van der Waals surface area contributed by atoms with Gasteiger partial charge in [0.15, 0.2) is 5.78 Å². The number of hydrogen-bond acceptors (Lipinski definition) is 5. The van der Waals surface area contributed by atoms with Gasteiger partial charge in [0.05, 0.1) is 24.0 Å². The van der Waals surface area contributed by atoms with Crippen molar-refractivity contribution in [3.8, 4) is 11.5 Å². The van der Waals surface area contributed by atoms with Crippen LogP contribution in [-0.2, 0) is 5.66 Å². The number of para-hydroxylation sites is 3. The van der Waals surface area contributed by atoms with Gasteiger partial charge < -0.3 is 20.1 Å². The van der Waals surface area contributed by atoms with E-state index in [1.165, 1.54) is 0 Å². The molecule has 1 atom stereocenters. The molecule has 2 N–H and O–H groups in total. The fraction of sp³-hybridized carbons (Fsp3) is 0.160. The van der Waals surface area contributed by atoms with Crippen LogP contribution in [0.25, 0.3) is 0 Å². The van der Waals surface area contributed by atoms with Crippen LogP contribution in [0.5, 0.6) is 11.5 Å². The predicted octanol–water partition coefficient (Wildman–Crippen LogP) is 5.05. The lowest BCUT2D eigenvalue weighted by molar-refractivity contribution is 0.102. The lowest BCUT2D eigenvalue weighted by Gasteiger charge is -2.42. The highest BCUT2D eigenvalue weighted by Crippen LogP contribution is 2.50. The molecule has 150 valence electrons. The number of nitrogens with one attached hydrogen (secondary N) is 1. The first kappa shape index (κ1) is 18.3. The van der Waals surface area contributed by atoms with Gasteiger partial charge in [-0.05, 0) is 54.8 Å². The summed E-state index contributed by atoms with van der Waals surface area (Å²) in [6.45, 7) is 0. The van der Waals surface area contributed by atoms with Crippen LogP contribution in [0.1, 0.15) is 28.8 Å². The summed E-state index contributed by atoms with van der Waals surface area (Å²) in [4.78, 5) is 15.3. The summed E-state index contributed by atoms with van der Waals surface area (Å²) < 4.78 is 5.32. The number of carbonyl (C=O) groups excluding carboxylic acids is 1. The van der Waals surface area contributed by atoms with Crippen molar-refractivity contribution in [1.29, 1.82) is 0 Å². The summed E-state index contributed by atoms with van der Waals surface area (Å²) >= 11 is 0. The first-order valence-corrected chi connectivity index (χ1v) is 9.97. The molecule has 0 saturated heterocycles. The van der Waals surface area contributed by atoms with Crippen LogP contribution < -0.4 is 15.0 Å². The van der Waals surface area contributed by atoms with Gasteiger partial charge in [-0.2, -0.15) is 0 Å². The van der Waals surface area contributed by atoms with Crippen molar-refractivity contribution < 1.29 is 14.6 Å². The van der Waals surface area contributed by atoms with E-state index >= 15 is 0 Å². The number of nitrogens with zero attached hydrogens (tertiary/aromatic N) is 1. The van der Waals surface area contributed by atoms with Gasteiger partial charge >= 0.3 is 0 Å². The van der Waals surface area contributed by atoms with Gasteiger partial charge in [-0.15, -0.1) is 0 Å². The van der Waals surface area contributed by atoms with Crippen molar-refractivity contribution in [2.24, 2.45) is 0 Å². The molecule has 0 fully saturated rings. The fourth-order valence-corrected chi connectivity index (χ4v) is 4.41. The Kier molecular flexibility index (Phi) is 4.24. The SMILES string of the molecule is COc1ccc(C23CCC(C(=O)c4ccccc4O)=CN2c2ccccc2N3)cc1. The van der Waals surface area contributed by atoms with Gasteiger partial charge in [0.25, 0.3) is 0 Å². The molecule has 3 aromatic rings. The number of phenols is 1. The average Bonchev–Trinajstić information content (AvgIpc) is 3.14. The molecule has 2 aliphatic heterocycles. The topological polar surface area (TPSA) is 61.8 Å². The van der Waals surface area contributed by atoms with E-state index in [0.717, 1.165) is 22.7 Å². The second-order valence-corrected chi connectivity index (χ2v) is 7.60. The van der Waals surface area contributed by atoms with Crippen molar-refractivity contribution in [2.45, 2.75) is 18.5 Å². The molecule has 5 rings (SSSR count). The standard InChI is InChI=1S/C25H22N2O3/c1-30-19-12-10-18(11-13-19)25-15-14-17(24(29)20-6-2-5-9-23(20)28)16-27(25)22-8-4-3-7-21(22)26-25/h2-13,16,26,28H,14-15H2,1H3. The minimum atomic E-state index is -0.474. The Morgan fingerprint density at radius 2 is 1.77 bits per heavy atom. The van der Waals surface area contributed by atoms with Crippen molar-refractivity contribution in [2.75, 3.05) is 17.3 Å². The number of hydrogen-bond donors (Lipinski definition) is 2. The fourth-order valence-electron chi connectivity index (χ4n) is 4.41. The van der Waals surface area contributed by atoms with E-state index in [4.69, 9.17) is 4.74 Å². The first-order valence-electron chi connectivity index (χ1n) is 9.97. The van der Waals surface area contributed by atoms with E-state index < -0.39 is 5.66 Å². The first-order chi connectivity index (χ1) is 14.6. The Morgan fingerprint density at radius 1 is 1.03 bits per heavy atom. The third-order valence-corrected chi connectivity index (χ3v) is 5.97. The lowest BCUT2D eigenvalue weighted by atomic mass is 9.86. The summed E-state index contributed by atoms with van der Waals surface area (Å²) in [5.74, 6) is 0.676. The highest BCUT2D eigenvalue weighted by molar-refractivity contribution is 6.11. The number of phenolic OH excluding ortho intramolecular Hbond substituents is 1. The number of benzene rings is 3. The lowest BCUT2D eigenvalue weighted by Crippen LogP contribution is -2.48. The van der Waals surface area contributed by atoms with Crippen LogP contribution in [0.2, 0.25) is 0 Å². The van der Waals surface area contributed by atoms with Crippen LogP contribution in [0.3, 0.4) is 0 Å². The average molecular weight is 398 g/mol. The number of carbonyl (C=O) groups is 1. The Hall–Kier alpha value is -3.73. The Labute approximate surface area is 175 Å². The molecule has 3 aromatic carbocycles. The summed E-state index contributed by atoms with van der Waals surface area (Å²) in [6.07, 6.45) is 3.23. The summed E-state index contributed by atoms with van der Waals surface area (Å²) in [6, 6.07) is 22.9.